The normalized spacial score (nSPS) is 19.6. The van der Waals surface area contributed by atoms with Crippen molar-refractivity contribution < 1.29 is 23.8 Å². The average Bonchev–Trinajstić information content (AvgIpc) is 3.04. The molecule has 45 heavy (non-hydrogen) atoms. The summed E-state index contributed by atoms with van der Waals surface area (Å²) in [5, 5.41) is 11.7. The van der Waals surface area contributed by atoms with E-state index >= 15 is 0 Å². The molecule has 3 saturated heterocycles. The Balaban J connectivity index is 0.950. The van der Waals surface area contributed by atoms with Gasteiger partial charge in [0.1, 0.15) is 22.8 Å². The van der Waals surface area contributed by atoms with Crippen molar-refractivity contribution in [3.8, 4) is 5.75 Å². The average molecular weight is 640 g/mol. The van der Waals surface area contributed by atoms with Gasteiger partial charge in [-0.05, 0) is 88.3 Å². The fourth-order valence-electron chi connectivity index (χ4n) is 6.66. The summed E-state index contributed by atoms with van der Waals surface area (Å²) in [6.07, 6.45) is 5.28. The van der Waals surface area contributed by atoms with Crippen molar-refractivity contribution in [2.24, 2.45) is 5.92 Å². The molecule has 2 aromatic carbocycles. The molecule has 1 aromatic heterocycles. The number of piperidine rings is 2. The van der Waals surface area contributed by atoms with E-state index in [9.17, 15) is 14.0 Å². The number of benzene rings is 2. The van der Waals surface area contributed by atoms with E-state index in [0.717, 1.165) is 84.5 Å². The minimum atomic E-state index is -1.05. The van der Waals surface area contributed by atoms with Crippen LogP contribution in [0.2, 0.25) is 0 Å². The van der Waals surface area contributed by atoms with Gasteiger partial charge in [-0.15, -0.1) is 0 Å². The molecule has 0 unspecified atom stereocenters. The topological polar surface area (TPSA) is 120 Å². The van der Waals surface area contributed by atoms with Crippen LogP contribution >= 0.6 is 11.8 Å². The summed E-state index contributed by atoms with van der Waals surface area (Å²) in [7, 11) is 0. The van der Waals surface area contributed by atoms with E-state index < -0.39 is 17.5 Å². The second-order valence-corrected chi connectivity index (χ2v) is 13.6. The molecule has 3 fully saturated rings. The van der Waals surface area contributed by atoms with Crippen LogP contribution < -0.4 is 15.6 Å². The van der Waals surface area contributed by atoms with Gasteiger partial charge in [-0.2, -0.15) is 11.8 Å². The van der Waals surface area contributed by atoms with Crippen molar-refractivity contribution in [2.45, 2.75) is 62.1 Å². The first-order valence-corrected chi connectivity index (χ1v) is 17.0. The summed E-state index contributed by atoms with van der Waals surface area (Å²) in [5.74, 6) is 1.35. The van der Waals surface area contributed by atoms with Crippen molar-refractivity contribution in [2.75, 3.05) is 51.3 Å². The van der Waals surface area contributed by atoms with Crippen LogP contribution in [0.4, 0.5) is 14.9 Å². The largest absolute Gasteiger partial charge is 0.493 e. The minimum Gasteiger partial charge on any atom is -0.493 e. The molecule has 12 heteroatoms. The number of likely N-dealkylation sites (tertiary alicyclic amines) is 2. The number of anilines is 1. The Kier molecular flexibility index (Phi) is 10.5. The number of carboxylic acid groups (broad SMARTS) is 1. The quantitative estimate of drug-likeness (QED) is 0.271. The van der Waals surface area contributed by atoms with Crippen molar-refractivity contribution >= 4 is 34.4 Å². The highest BCUT2D eigenvalue weighted by atomic mass is 32.2. The van der Waals surface area contributed by atoms with Gasteiger partial charge in [0.2, 0.25) is 0 Å². The van der Waals surface area contributed by atoms with Gasteiger partial charge in [0.15, 0.2) is 0 Å². The van der Waals surface area contributed by atoms with Crippen molar-refractivity contribution in [1.29, 1.82) is 0 Å². The third-order valence-electron chi connectivity index (χ3n) is 9.23. The van der Waals surface area contributed by atoms with Gasteiger partial charge in [0.05, 0.1) is 17.9 Å². The number of halogens is 1. The molecule has 0 radical (unpaired) electrons. The second-order valence-electron chi connectivity index (χ2n) is 12.4. The number of aromatic nitrogens is 2. The van der Waals surface area contributed by atoms with Crippen LogP contribution in [-0.4, -0.2) is 88.3 Å². The summed E-state index contributed by atoms with van der Waals surface area (Å²) in [6, 6.07) is 11.2. The number of aromatic amines is 1. The monoisotopic (exact) mass is 639 g/mol. The summed E-state index contributed by atoms with van der Waals surface area (Å²) in [6.45, 7) is 7.08. The summed E-state index contributed by atoms with van der Waals surface area (Å²) in [5.41, 5.74) is 1.66. The van der Waals surface area contributed by atoms with Gasteiger partial charge < -0.3 is 24.5 Å². The van der Waals surface area contributed by atoms with Crippen molar-refractivity contribution in [3.05, 3.63) is 64.0 Å². The molecule has 0 bridgehead atoms. The van der Waals surface area contributed by atoms with Crippen LogP contribution in [0.3, 0.4) is 0 Å². The van der Waals surface area contributed by atoms with Crippen LogP contribution in [0.5, 0.6) is 5.75 Å². The third-order valence-corrected chi connectivity index (χ3v) is 10.6. The van der Waals surface area contributed by atoms with Crippen molar-refractivity contribution in [3.63, 3.8) is 0 Å². The maximum Gasteiger partial charge on any atom is 0.409 e. The molecule has 242 valence electrons. The Bertz CT molecular complexity index is 1500. The SMILES string of the molecule is O=C(O)Nc1ccc(CN2CCC(N3CCC(COc4cc(F)c5c(=O)[nH]c(CSC6CCOCC6)nc5c4)CC3)CC2)cc1. The zero-order chi connectivity index (χ0) is 31.2. The second kappa shape index (κ2) is 14.9. The maximum atomic E-state index is 15.0. The van der Waals surface area contributed by atoms with Crippen molar-refractivity contribution in [1.82, 2.24) is 19.8 Å². The van der Waals surface area contributed by atoms with Gasteiger partial charge in [0, 0.05) is 48.9 Å². The molecule has 6 rings (SSSR count). The predicted octanol–water partition coefficient (Wildman–Crippen LogP) is 5.32. The number of amides is 1. The lowest BCUT2D eigenvalue weighted by Gasteiger charge is -2.41. The summed E-state index contributed by atoms with van der Waals surface area (Å²) >= 11 is 1.76. The van der Waals surface area contributed by atoms with Crippen LogP contribution in [0.15, 0.2) is 41.2 Å². The number of fused-ring (bicyclic) bond motifs is 1. The lowest BCUT2D eigenvalue weighted by atomic mass is 9.94. The first kappa shape index (κ1) is 31.8. The summed E-state index contributed by atoms with van der Waals surface area (Å²) < 4.78 is 26.5. The van der Waals surface area contributed by atoms with Gasteiger partial charge >= 0.3 is 6.09 Å². The molecular weight excluding hydrogens is 597 g/mol. The van der Waals surface area contributed by atoms with E-state index in [0.29, 0.717) is 52.3 Å². The maximum absolute atomic E-state index is 15.0. The molecule has 3 aliphatic rings. The molecule has 0 spiro atoms. The third kappa shape index (κ3) is 8.55. The first-order chi connectivity index (χ1) is 21.9. The van der Waals surface area contributed by atoms with Crippen LogP contribution in [0.25, 0.3) is 10.9 Å². The molecule has 3 aromatic rings. The Morgan fingerprint density at radius 2 is 1.80 bits per heavy atom. The lowest BCUT2D eigenvalue weighted by molar-refractivity contribution is 0.0649. The molecule has 4 heterocycles. The smallest absolute Gasteiger partial charge is 0.409 e. The van der Waals surface area contributed by atoms with Gasteiger partial charge in [0.25, 0.3) is 5.56 Å². The summed E-state index contributed by atoms with van der Waals surface area (Å²) in [4.78, 5) is 35.9. The molecule has 0 aliphatic carbocycles. The van der Waals surface area contributed by atoms with E-state index in [1.165, 1.54) is 11.6 Å². The van der Waals surface area contributed by atoms with E-state index in [-0.39, 0.29) is 5.39 Å². The zero-order valence-electron chi connectivity index (χ0n) is 25.5. The van der Waals surface area contributed by atoms with E-state index in [2.05, 4.69) is 25.1 Å². The predicted molar refractivity (Wildman–Crippen MR) is 174 cm³/mol. The number of thioether (sulfide) groups is 1. The minimum absolute atomic E-state index is 0.0209. The lowest BCUT2D eigenvalue weighted by Crippen LogP contribution is -2.48. The number of nitrogens with one attached hydrogen (secondary N) is 2. The highest BCUT2D eigenvalue weighted by Crippen LogP contribution is 2.28. The van der Waals surface area contributed by atoms with Crippen LogP contribution in [-0.2, 0) is 17.0 Å². The number of hydrogen-bond acceptors (Lipinski definition) is 8. The number of H-pyrrole nitrogens is 1. The fraction of sp³-hybridized carbons (Fsp3) is 0.545. The number of nitrogens with zero attached hydrogens (tertiary/aromatic N) is 3. The van der Waals surface area contributed by atoms with Gasteiger partial charge in [-0.1, -0.05) is 12.1 Å². The number of rotatable bonds is 10. The van der Waals surface area contributed by atoms with E-state index in [4.69, 9.17) is 14.6 Å². The molecule has 1 amide bonds. The van der Waals surface area contributed by atoms with Gasteiger partial charge in [-0.25, -0.2) is 14.2 Å². The Morgan fingerprint density at radius 3 is 2.51 bits per heavy atom. The fourth-order valence-corrected chi connectivity index (χ4v) is 7.71. The Labute approximate surface area is 266 Å². The highest BCUT2D eigenvalue weighted by Gasteiger charge is 2.28. The van der Waals surface area contributed by atoms with Crippen LogP contribution in [0.1, 0.15) is 49.9 Å². The van der Waals surface area contributed by atoms with Gasteiger partial charge in [-0.3, -0.25) is 15.0 Å². The number of ether oxygens (including phenoxy) is 2. The van der Waals surface area contributed by atoms with E-state index in [1.54, 1.807) is 17.8 Å². The van der Waals surface area contributed by atoms with E-state index in [1.807, 2.05) is 24.3 Å². The molecule has 10 nitrogen and oxygen atoms in total. The molecule has 3 aliphatic heterocycles. The highest BCUT2D eigenvalue weighted by molar-refractivity contribution is 7.99. The molecular formula is C33H42FN5O5S. The number of hydrogen-bond donors (Lipinski definition) is 3. The Morgan fingerprint density at radius 1 is 1.07 bits per heavy atom. The standard InChI is InChI=1S/C33H42FN5O5S/c34-28-17-26(18-29-31(28)32(40)37-30(36-29)21-45-27-9-15-43-16-10-27)44-20-23-5-13-39(14-6-23)25-7-11-38(12-8-25)19-22-1-3-24(4-2-22)35-33(41)42/h1-4,17-18,23,25,27,35H,5-16,19-21H2,(H,41,42)(H,36,37,40). The Hall–Kier alpha value is -3.19. The molecule has 0 atom stereocenters. The first-order valence-electron chi connectivity index (χ1n) is 16.0. The zero-order valence-corrected chi connectivity index (χ0v) is 26.3. The molecule has 3 N–H and O–H groups in total. The number of carbonyl (C=O) groups is 1. The van der Waals surface area contributed by atoms with Crippen LogP contribution in [0, 0.1) is 11.7 Å². The molecule has 0 saturated carbocycles.